The normalized spacial score (nSPS) is 20.9. The van der Waals surface area contributed by atoms with E-state index in [9.17, 15) is 4.79 Å². The average Bonchev–Trinajstić information content (AvgIpc) is 3.21. The van der Waals surface area contributed by atoms with Gasteiger partial charge in [-0.05, 0) is 57.0 Å². The van der Waals surface area contributed by atoms with Crippen LogP contribution >= 0.6 is 23.1 Å². The second-order valence-corrected chi connectivity index (χ2v) is 12.3. The summed E-state index contributed by atoms with van der Waals surface area (Å²) in [6, 6.07) is 18.8. The Labute approximate surface area is 220 Å². The summed E-state index contributed by atoms with van der Waals surface area (Å²) in [6.45, 7) is 4.68. The van der Waals surface area contributed by atoms with Gasteiger partial charge in [-0.2, -0.15) is 0 Å². The number of amides is 1. The fourth-order valence-corrected chi connectivity index (χ4v) is 7.52. The molecule has 2 aliphatic rings. The molecule has 0 N–H and O–H groups in total. The van der Waals surface area contributed by atoms with E-state index in [1.807, 2.05) is 31.2 Å². The van der Waals surface area contributed by atoms with Gasteiger partial charge in [0, 0.05) is 31.4 Å². The predicted molar refractivity (Wildman–Crippen MR) is 148 cm³/mol. The molecule has 3 unspecified atom stereocenters. The van der Waals surface area contributed by atoms with E-state index >= 15 is 0 Å². The molecule has 0 radical (unpaired) electrons. The van der Waals surface area contributed by atoms with Crippen LogP contribution in [0.4, 0.5) is 0 Å². The van der Waals surface area contributed by atoms with Crippen molar-refractivity contribution in [3.05, 3.63) is 65.3 Å². The highest BCUT2D eigenvalue weighted by Gasteiger charge is 2.54. The van der Waals surface area contributed by atoms with E-state index in [0.717, 1.165) is 51.5 Å². The molecule has 6 rings (SSSR count). The summed E-state index contributed by atoms with van der Waals surface area (Å²) < 4.78 is 2.34. The number of piperidine rings is 1. The molecular formula is C28H31N5OS2. The van der Waals surface area contributed by atoms with Gasteiger partial charge in [0.05, 0.1) is 20.9 Å². The van der Waals surface area contributed by atoms with E-state index in [2.05, 4.69) is 58.8 Å². The first-order valence-electron chi connectivity index (χ1n) is 12.6. The topological polar surface area (TPSA) is 54.3 Å². The number of thiazole rings is 1. The molecule has 8 heteroatoms. The number of para-hydroxylation sites is 2. The summed E-state index contributed by atoms with van der Waals surface area (Å²) in [4.78, 5) is 28.8. The molecule has 3 heterocycles. The van der Waals surface area contributed by atoms with Gasteiger partial charge in [0.25, 0.3) is 5.91 Å². The van der Waals surface area contributed by atoms with Gasteiger partial charge in [-0.25, -0.2) is 9.97 Å². The number of aromatic nitrogens is 3. The smallest absolute Gasteiger partial charge is 0.274 e. The number of likely N-dealkylation sites (tertiary alicyclic amines) is 1. The molecular weight excluding hydrogens is 486 g/mol. The van der Waals surface area contributed by atoms with Crippen molar-refractivity contribution in [2.75, 3.05) is 32.9 Å². The maximum Gasteiger partial charge on any atom is 0.274 e. The average molecular weight is 518 g/mol. The Hall–Kier alpha value is -2.68. The van der Waals surface area contributed by atoms with Crippen molar-refractivity contribution >= 4 is 40.0 Å². The summed E-state index contributed by atoms with van der Waals surface area (Å²) in [5.41, 5.74) is 3.89. The van der Waals surface area contributed by atoms with Crippen LogP contribution in [0.2, 0.25) is 0 Å². The number of carbonyl (C=O) groups excluding carboxylic acids is 1. The predicted octanol–water partition coefficient (Wildman–Crippen LogP) is 5.28. The molecule has 0 bridgehead atoms. The summed E-state index contributed by atoms with van der Waals surface area (Å²) in [5, 5.41) is 1.98. The lowest BCUT2D eigenvalue weighted by atomic mass is 10.1. The monoisotopic (exact) mass is 517 g/mol. The third kappa shape index (κ3) is 4.46. The van der Waals surface area contributed by atoms with E-state index in [0.29, 0.717) is 17.5 Å². The van der Waals surface area contributed by atoms with Crippen molar-refractivity contribution < 1.29 is 4.79 Å². The van der Waals surface area contributed by atoms with Crippen LogP contribution in [0.25, 0.3) is 21.5 Å². The van der Waals surface area contributed by atoms with Crippen LogP contribution in [0.5, 0.6) is 0 Å². The number of hydrogen-bond acceptors (Lipinski definition) is 6. The molecule has 2 aromatic carbocycles. The Morgan fingerprint density at radius 1 is 1.11 bits per heavy atom. The largest absolute Gasteiger partial charge is 0.333 e. The van der Waals surface area contributed by atoms with Gasteiger partial charge in [0.2, 0.25) is 0 Å². The second kappa shape index (κ2) is 9.65. The highest BCUT2D eigenvalue weighted by molar-refractivity contribution is 7.99. The van der Waals surface area contributed by atoms with Crippen LogP contribution in [0.3, 0.4) is 0 Å². The van der Waals surface area contributed by atoms with Gasteiger partial charge in [0.15, 0.2) is 5.16 Å². The Kier molecular flexibility index (Phi) is 6.35. The molecule has 36 heavy (non-hydrogen) atoms. The first-order chi connectivity index (χ1) is 17.5. The molecule has 1 saturated heterocycles. The summed E-state index contributed by atoms with van der Waals surface area (Å²) in [6.07, 6.45) is 1.23. The first kappa shape index (κ1) is 23.7. The maximum absolute atomic E-state index is 13.9. The number of hydrogen-bond donors (Lipinski definition) is 0. The number of carbonyl (C=O) groups is 1. The van der Waals surface area contributed by atoms with Gasteiger partial charge in [0.1, 0.15) is 5.69 Å². The van der Waals surface area contributed by atoms with Gasteiger partial charge >= 0.3 is 0 Å². The number of rotatable bonds is 8. The van der Waals surface area contributed by atoms with E-state index in [1.165, 1.54) is 11.9 Å². The zero-order chi connectivity index (χ0) is 24.8. The van der Waals surface area contributed by atoms with Crippen molar-refractivity contribution in [3.8, 4) is 10.4 Å². The quantitative estimate of drug-likeness (QED) is 0.298. The minimum absolute atomic E-state index is 0.0807. The molecule has 1 aliphatic heterocycles. The van der Waals surface area contributed by atoms with Crippen LogP contribution in [0.15, 0.2) is 59.8 Å². The number of thioether (sulfide) groups is 1. The minimum atomic E-state index is 0.0807. The molecule has 3 atom stereocenters. The van der Waals surface area contributed by atoms with Gasteiger partial charge in [-0.1, -0.05) is 54.2 Å². The molecule has 2 fully saturated rings. The SMILES string of the molecule is Cc1nc(C(=O)N2CC3CC3C2CSc2nc3ccccc3n2CCN(C)C)c(-c2ccccc2)s1. The molecule has 6 nitrogen and oxygen atoms in total. The molecule has 1 saturated carbocycles. The van der Waals surface area contributed by atoms with E-state index in [-0.39, 0.29) is 11.9 Å². The van der Waals surface area contributed by atoms with Gasteiger partial charge in [-0.3, -0.25) is 4.79 Å². The highest BCUT2D eigenvalue weighted by Crippen LogP contribution is 2.51. The van der Waals surface area contributed by atoms with E-state index < -0.39 is 0 Å². The summed E-state index contributed by atoms with van der Waals surface area (Å²) in [5.74, 6) is 2.17. The lowest BCUT2D eigenvalue weighted by Gasteiger charge is -2.27. The fraction of sp³-hybridized carbons (Fsp3) is 0.393. The van der Waals surface area contributed by atoms with Crippen molar-refractivity contribution in [3.63, 3.8) is 0 Å². The lowest BCUT2D eigenvalue weighted by molar-refractivity contribution is 0.0718. The van der Waals surface area contributed by atoms with Gasteiger partial charge in [-0.15, -0.1) is 11.3 Å². The standard InChI is InChI=1S/C28H31N5OS2/c1-18-29-25(26(36-18)19-9-5-4-6-10-19)27(34)33-16-20-15-21(20)24(33)17-35-28-30-22-11-7-8-12-23(22)32(28)14-13-31(2)3/h4-12,20-21,24H,13-17H2,1-3H3. The van der Waals surface area contributed by atoms with Crippen LogP contribution in [0.1, 0.15) is 21.9 Å². The van der Waals surface area contributed by atoms with Crippen molar-refractivity contribution in [2.24, 2.45) is 11.8 Å². The minimum Gasteiger partial charge on any atom is -0.333 e. The molecule has 0 spiro atoms. The molecule has 1 aliphatic carbocycles. The van der Waals surface area contributed by atoms with Crippen molar-refractivity contribution in [1.82, 2.24) is 24.3 Å². The Bertz CT molecular complexity index is 1400. The lowest BCUT2D eigenvalue weighted by Crippen LogP contribution is -2.40. The maximum atomic E-state index is 13.9. The van der Waals surface area contributed by atoms with Crippen LogP contribution in [0, 0.1) is 18.8 Å². The first-order valence-corrected chi connectivity index (χ1v) is 14.4. The van der Waals surface area contributed by atoms with Crippen LogP contribution in [-0.4, -0.2) is 69.2 Å². The zero-order valence-electron chi connectivity index (χ0n) is 20.9. The van der Waals surface area contributed by atoms with E-state index in [1.54, 1.807) is 23.1 Å². The van der Waals surface area contributed by atoms with Crippen LogP contribution in [-0.2, 0) is 6.54 Å². The molecule has 186 valence electrons. The third-order valence-corrected chi connectivity index (χ3v) is 9.41. The fourth-order valence-electron chi connectivity index (χ4n) is 5.35. The number of benzene rings is 2. The summed E-state index contributed by atoms with van der Waals surface area (Å²) in [7, 11) is 4.20. The second-order valence-electron chi connectivity index (χ2n) is 10.1. The molecule has 2 aromatic heterocycles. The zero-order valence-corrected chi connectivity index (χ0v) is 22.6. The number of fused-ring (bicyclic) bond motifs is 2. The van der Waals surface area contributed by atoms with Crippen LogP contribution < -0.4 is 0 Å². The Balaban J connectivity index is 1.25. The number of imidazole rings is 1. The Morgan fingerprint density at radius 2 is 1.89 bits per heavy atom. The summed E-state index contributed by atoms with van der Waals surface area (Å²) >= 11 is 3.40. The van der Waals surface area contributed by atoms with Crippen molar-refractivity contribution in [2.45, 2.75) is 31.1 Å². The van der Waals surface area contributed by atoms with Gasteiger partial charge < -0.3 is 14.4 Å². The third-order valence-electron chi connectivity index (χ3n) is 7.31. The number of aryl methyl sites for hydroxylation is 1. The highest BCUT2D eigenvalue weighted by atomic mass is 32.2. The molecule has 4 aromatic rings. The van der Waals surface area contributed by atoms with E-state index in [4.69, 9.17) is 9.97 Å². The number of likely N-dealkylation sites (N-methyl/N-ethyl adjacent to an activating group) is 1. The van der Waals surface area contributed by atoms with Crippen molar-refractivity contribution in [1.29, 1.82) is 0 Å². The number of nitrogens with zero attached hydrogens (tertiary/aromatic N) is 5. The molecule has 1 amide bonds. The Morgan fingerprint density at radius 3 is 2.69 bits per heavy atom.